The molecule has 74 valence electrons. The average molecular weight is 222 g/mol. The van der Waals surface area contributed by atoms with Crippen LogP contribution in [0.25, 0.3) is 0 Å². The van der Waals surface area contributed by atoms with Crippen molar-refractivity contribution in [3.8, 4) is 0 Å². The van der Waals surface area contributed by atoms with E-state index >= 15 is 0 Å². The van der Waals surface area contributed by atoms with Crippen LogP contribution in [0.5, 0.6) is 0 Å². The molecule has 0 bridgehead atoms. The van der Waals surface area contributed by atoms with E-state index in [-0.39, 0.29) is 5.88 Å². The van der Waals surface area contributed by atoms with Crippen LogP contribution in [0, 0.1) is 13.8 Å². The van der Waals surface area contributed by atoms with E-state index in [1.807, 2.05) is 13.8 Å². The van der Waals surface area contributed by atoms with E-state index < -0.39 is 6.10 Å². The van der Waals surface area contributed by atoms with Gasteiger partial charge in [0.2, 0.25) is 0 Å². The van der Waals surface area contributed by atoms with Crippen molar-refractivity contribution in [3.63, 3.8) is 0 Å². The molecule has 0 aromatic carbocycles. The SMILES string of the molecule is Cc1nc(SCC(O)CCl)oc1C. The standard InChI is InChI=1S/C8H12ClNO2S/c1-5-6(2)12-8(10-5)13-4-7(11)3-9/h7,11H,3-4H2,1-2H3. The summed E-state index contributed by atoms with van der Waals surface area (Å²) in [6, 6.07) is 0. The summed E-state index contributed by atoms with van der Waals surface area (Å²) in [5, 5.41) is 9.77. The van der Waals surface area contributed by atoms with Crippen molar-refractivity contribution in [2.24, 2.45) is 0 Å². The molecule has 5 heteroatoms. The molecule has 0 aliphatic heterocycles. The number of aliphatic hydroxyl groups excluding tert-OH is 1. The molecule has 1 unspecified atom stereocenters. The van der Waals surface area contributed by atoms with Gasteiger partial charge in [-0.1, -0.05) is 11.8 Å². The first-order chi connectivity index (χ1) is 6.13. The van der Waals surface area contributed by atoms with Crippen LogP contribution >= 0.6 is 23.4 Å². The van der Waals surface area contributed by atoms with E-state index in [9.17, 15) is 5.11 Å². The van der Waals surface area contributed by atoms with Crippen molar-refractivity contribution in [1.82, 2.24) is 4.98 Å². The summed E-state index contributed by atoms with van der Waals surface area (Å²) in [6.07, 6.45) is -0.501. The molecule has 0 aliphatic rings. The zero-order valence-corrected chi connectivity index (χ0v) is 9.15. The number of oxazole rings is 1. The number of aryl methyl sites for hydroxylation is 2. The van der Waals surface area contributed by atoms with Gasteiger partial charge in [0, 0.05) is 11.6 Å². The van der Waals surface area contributed by atoms with Gasteiger partial charge >= 0.3 is 0 Å². The number of hydrogen-bond acceptors (Lipinski definition) is 4. The van der Waals surface area contributed by atoms with Gasteiger partial charge in [0.15, 0.2) is 0 Å². The Labute approximate surface area is 86.5 Å². The Morgan fingerprint density at radius 3 is 2.77 bits per heavy atom. The Bertz CT molecular complexity index is 258. The third-order valence-electron chi connectivity index (χ3n) is 1.59. The van der Waals surface area contributed by atoms with Gasteiger partial charge in [-0.05, 0) is 13.8 Å². The summed E-state index contributed by atoms with van der Waals surface area (Å²) in [7, 11) is 0. The minimum atomic E-state index is -0.501. The molecule has 0 fully saturated rings. The lowest BCUT2D eigenvalue weighted by molar-refractivity contribution is 0.223. The molecule has 1 atom stereocenters. The Kier molecular flexibility index (Phi) is 4.09. The van der Waals surface area contributed by atoms with Crippen LogP contribution in [0.1, 0.15) is 11.5 Å². The van der Waals surface area contributed by atoms with Crippen molar-refractivity contribution in [1.29, 1.82) is 0 Å². The summed E-state index contributed by atoms with van der Waals surface area (Å²) in [5.74, 6) is 1.58. The van der Waals surface area contributed by atoms with E-state index in [1.54, 1.807) is 0 Å². The molecule has 0 amide bonds. The first kappa shape index (κ1) is 10.9. The maximum absolute atomic E-state index is 9.17. The molecule has 1 heterocycles. The van der Waals surface area contributed by atoms with Crippen molar-refractivity contribution < 1.29 is 9.52 Å². The van der Waals surface area contributed by atoms with Crippen molar-refractivity contribution >= 4 is 23.4 Å². The fourth-order valence-corrected chi connectivity index (χ4v) is 1.79. The minimum absolute atomic E-state index is 0.242. The van der Waals surface area contributed by atoms with Crippen LogP contribution in [0.3, 0.4) is 0 Å². The highest BCUT2D eigenvalue weighted by atomic mass is 35.5. The summed E-state index contributed by atoms with van der Waals surface area (Å²) in [6.45, 7) is 3.76. The third-order valence-corrected chi connectivity index (χ3v) is 2.92. The van der Waals surface area contributed by atoms with Crippen LogP contribution < -0.4 is 0 Å². The molecule has 0 aliphatic carbocycles. The second-order valence-electron chi connectivity index (χ2n) is 2.74. The van der Waals surface area contributed by atoms with Crippen LogP contribution in [0.4, 0.5) is 0 Å². The van der Waals surface area contributed by atoms with Gasteiger partial charge in [-0.3, -0.25) is 0 Å². The molecule has 0 saturated heterocycles. The maximum atomic E-state index is 9.17. The van der Waals surface area contributed by atoms with Gasteiger partial charge in [0.25, 0.3) is 5.22 Å². The second-order valence-corrected chi connectivity index (χ2v) is 4.02. The van der Waals surface area contributed by atoms with E-state index in [0.29, 0.717) is 11.0 Å². The molecule has 3 nitrogen and oxygen atoms in total. The van der Waals surface area contributed by atoms with Crippen LogP contribution in [0.2, 0.25) is 0 Å². The lowest BCUT2D eigenvalue weighted by Crippen LogP contribution is -2.10. The third kappa shape index (κ3) is 3.21. The molecule has 1 aromatic rings. The molecule has 1 rings (SSSR count). The number of rotatable bonds is 4. The molecule has 0 saturated carbocycles. The summed E-state index contributed by atoms with van der Waals surface area (Å²) < 4.78 is 5.31. The van der Waals surface area contributed by atoms with Gasteiger partial charge in [-0.15, -0.1) is 11.6 Å². The average Bonchev–Trinajstić information content (AvgIpc) is 2.42. The zero-order chi connectivity index (χ0) is 9.84. The zero-order valence-electron chi connectivity index (χ0n) is 7.58. The Morgan fingerprint density at radius 1 is 1.62 bits per heavy atom. The molecule has 1 aromatic heterocycles. The number of thioether (sulfide) groups is 1. The predicted octanol–water partition coefficient (Wildman–Crippen LogP) is 1.98. The lowest BCUT2D eigenvalue weighted by atomic mass is 10.4. The van der Waals surface area contributed by atoms with Crippen molar-refractivity contribution in [2.45, 2.75) is 25.2 Å². The largest absolute Gasteiger partial charge is 0.437 e. The summed E-state index contributed by atoms with van der Waals surface area (Å²) >= 11 is 6.82. The smallest absolute Gasteiger partial charge is 0.256 e. The number of aromatic nitrogens is 1. The molecular weight excluding hydrogens is 210 g/mol. The van der Waals surface area contributed by atoms with E-state index in [4.69, 9.17) is 16.0 Å². The second kappa shape index (κ2) is 4.88. The van der Waals surface area contributed by atoms with Crippen LogP contribution in [-0.4, -0.2) is 27.8 Å². The molecule has 0 radical (unpaired) electrons. The van der Waals surface area contributed by atoms with Crippen LogP contribution in [-0.2, 0) is 0 Å². The fraction of sp³-hybridized carbons (Fsp3) is 0.625. The topological polar surface area (TPSA) is 46.3 Å². The predicted molar refractivity (Wildman–Crippen MR) is 53.4 cm³/mol. The maximum Gasteiger partial charge on any atom is 0.256 e. The molecule has 1 N–H and O–H groups in total. The molecule has 0 spiro atoms. The number of nitrogens with zero attached hydrogens (tertiary/aromatic N) is 1. The van der Waals surface area contributed by atoms with Gasteiger partial charge in [0.1, 0.15) is 5.76 Å². The highest BCUT2D eigenvalue weighted by molar-refractivity contribution is 7.99. The number of alkyl halides is 1. The highest BCUT2D eigenvalue weighted by Gasteiger charge is 2.08. The molecular formula is C8H12ClNO2S. The van der Waals surface area contributed by atoms with E-state index in [0.717, 1.165) is 11.5 Å². The Hall–Kier alpha value is -0.190. The summed E-state index contributed by atoms with van der Waals surface area (Å²) in [5.41, 5.74) is 0.892. The number of halogens is 1. The van der Waals surface area contributed by atoms with Gasteiger partial charge < -0.3 is 9.52 Å². The summed E-state index contributed by atoms with van der Waals surface area (Å²) in [4.78, 5) is 4.16. The van der Waals surface area contributed by atoms with Gasteiger partial charge in [0.05, 0.1) is 11.8 Å². The Balaban J connectivity index is 2.45. The van der Waals surface area contributed by atoms with Gasteiger partial charge in [-0.25, -0.2) is 4.98 Å². The Morgan fingerprint density at radius 2 is 2.31 bits per heavy atom. The number of hydrogen-bond donors (Lipinski definition) is 1. The first-order valence-corrected chi connectivity index (χ1v) is 5.46. The van der Waals surface area contributed by atoms with E-state index in [1.165, 1.54) is 11.8 Å². The normalized spacial score (nSPS) is 13.2. The quantitative estimate of drug-likeness (QED) is 0.624. The van der Waals surface area contributed by atoms with Crippen molar-refractivity contribution in [2.75, 3.05) is 11.6 Å². The first-order valence-electron chi connectivity index (χ1n) is 3.94. The van der Waals surface area contributed by atoms with E-state index in [2.05, 4.69) is 4.98 Å². The van der Waals surface area contributed by atoms with Crippen LogP contribution in [0.15, 0.2) is 9.64 Å². The van der Waals surface area contributed by atoms with Gasteiger partial charge in [-0.2, -0.15) is 0 Å². The number of aliphatic hydroxyl groups is 1. The monoisotopic (exact) mass is 221 g/mol. The highest BCUT2D eigenvalue weighted by Crippen LogP contribution is 2.20. The lowest BCUT2D eigenvalue weighted by Gasteiger charge is -2.01. The van der Waals surface area contributed by atoms with Crippen molar-refractivity contribution in [3.05, 3.63) is 11.5 Å². The molecule has 13 heavy (non-hydrogen) atoms. The minimum Gasteiger partial charge on any atom is -0.437 e. The fourth-order valence-electron chi connectivity index (χ4n) is 0.717.